The Morgan fingerprint density at radius 2 is 1.94 bits per heavy atom. The van der Waals surface area contributed by atoms with Crippen molar-refractivity contribution in [3.8, 4) is 0 Å². The van der Waals surface area contributed by atoms with E-state index in [0.717, 1.165) is 50.2 Å². The van der Waals surface area contributed by atoms with Gasteiger partial charge >= 0.3 is 0 Å². The highest BCUT2D eigenvalue weighted by molar-refractivity contribution is 5.94. The van der Waals surface area contributed by atoms with Crippen LogP contribution in [-0.2, 0) is 6.42 Å². The van der Waals surface area contributed by atoms with Gasteiger partial charge in [-0.05, 0) is 74.7 Å². The van der Waals surface area contributed by atoms with Gasteiger partial charge in [-0.25, -0.2) is 8.78 Å². The molecule has 0 bridgehead atoms. The van der Waals surface area contributed by atoms with Crippen molar-refractivity contribution in [1.82, 2.24) is 20.9 Å². The Kier molecular flexibility index (Phi) is 8.71. The van der Waals surface area contributed by atoms with Crippen LogP contribution in [0.3, 0.4) is 0 Å². The van der Waals surface area contributed by atoms with Crippen molar-refractivity contribution in [3.05, 3.63) is 77.1 Å². The minimum Gasteiger partial charge on any atom is -0.356 e. The zero-order valence-corrected chi connectivity index (χ0v) is 20.2. The summed E-state index contributed by atoms with van der Waals surface area (Å²) in [6.45, 7) is 6.32. The summed E-state index contributed by atoms with van der Waals surface area (Å²) in [5, 5.41) is 13.5. The second-order valence-corrected chi connectivity index (χ2v) is 9.35. The van der Waals surface area contributed by atoms with E-state index in [1.54, 1.807) is 12.1 Å². The van der Waals surface area contributed by atoms with Crippen molar-refractivity contribution >= 4 is 11.6 Å². The van der Waals surface area contributed by atoms with Gasteiger partial charge in [0.1, 0.15) is 17.5 Å². The predicted molar refractivity (Wildman–Crippen MR) is 135 cm³/mol. The van der Waals surface area contributed by atoms with Crippen LogP contribution in [0.2, 0.25) is 0 Å². The Hall–Kier alpha value is -2.97. The summed E-state index contributed by atoms with van der Waals surface area (Å²) in [4.78, 5) is 14.9. The number of piperidine rings is 1. The molecule has 4 N–H and O–H groups in total. The molecule has 188 valence electrons. The number of benzene rings is 2. The lowest BCUT2D eigenvalue weighted by Gasteiger charge is -2.36. The topological polar surface area (TPSA) is 68.4 Å². The fourth-order valence-electron chi connectivity index (χ4n) is 4.58. The van der Waals surface area contributed by atoms with Gasteiger partial charge in [-0.3, -0.25) is 4.79 Å². The molecule has 0 radical (unpaired) electrons. The lowest BCUT2D eigenvalue weighted by Crippen LogP contribution is -2.50. The number of amides is 1. The quantitative estimate of drug-likeness (QED) is 0.462. The number of rotatable bonds is 8. The molecule has 2 atom stereocenters. The molecule has 8 heteroatoms. The molecule has 35 heavy (non-hydrogen) atoms. The minimum absolute atomic E-state index is 0.225. The van der Waals surface area contributed by atoms with E-state index in [-0.39, 0.29) is 12.5 Å². The van der Waals surface area contributed by atoms with E-state index in [1.165, 1.54) is 25.0 Å². The van der Waals surface area contributed by atoms with Crippen LogP contribution in [0.25, 0.3) is 0 Å². The van der Waals surface area contributed by atoms with Crippen molar-refractivity contribution in [2.24, 2.45) is 0 Å². The smallest absolute Gasteiger partial charge is 0.251 e. The summed E-state index contributed by atoms with van der Waals surface area (Å²) in [6.07, 6.45) is 6.18. The molecule has 1 unspecified atom stereocenters. The molecule has 0 spiro atoms. The fourth-order valence-corrected chi connectivity index (χ4v) is 4.58. The number of piperazine rings is 1. The van der Waals surface area contributed by atoms with Crippen LogP contribution in [-0.4, -0.2) is 55.6 Å². The molecular formula is C27H35F2N5O. The molecular weight excluding hydrogens is 448 g/mol. The van der Waals surface area contributed by atoms with Crippen LogP contribution in [0.1, 0.15) is 42.1 Å². The van der Waals surface area contributed by atoms with Crippen molar-refractivity contribution in [1.29, 1.82) is 0 Å². The maximum Gasteiger partial charge on any atom is 0.251 e. The first-order valence-corrected chi connectivity index (χ1v) is 12.5. The molecule has 0 aromatic heterocycles. The molecule has 2 aromatic rings. The Morgan fingerprint density at radius 3 is 2.66 bits per heavy atom. The van der Waals surface area contributed by atoms with Crippen LogP contribution in [0.15, 0.2) is 54.4 Å². The third-order valence-corrected chi connectivity index (χ3v) is 6.53. The molecule has 6 nitrogen and oxygen atoms in total. The maximum atomic E-state index is 13.8. The van der Waals surface area contributed by atoms with Gasteiger partial charge in [0.05, 0.1) is 0 Å². The average Bonchev–Trinajstić information content (AvgIpc) is 2.86. The van der Waals surface area contributed by atoms with Crippen molar-refractivity contribution in [2.45, 2.75) is 44.7 Å². The van der Waals surface area contributed by atoms with Crippen LogP contribution in [0.5, 0.6) is 0 Å². The number of nitrogens with one attached hydrogen (secondary N) is 4. The highest BCUT2D eigenvalue weighted by atomic mass is 19.1. The standard InChI is InChI=1S/C27H35F2N5O/c1-19-18-34(15-14-30-19)26(17-24-4-2-3-12-31-24)33-23-9-6-21(7-10-23)27(35)32-13-11-20-5-8-22(28)16-25(20)29/h5-10,16-17,19,24,30-31,33H,2-4,11-15,18H2,1H3,(H,32,35)/t19-,24?/m0/s1. The normalized spacial score (nSPS) is 21.0. The second kappa shape index (κ2) is 12.1. The van der Waals surface area contributed by atoms with Gasteiger partial charge in [0, 0.05) is 55.6 Å². The zero-order chi connectivity index (χ0) is 24.6. The largest absolute Gasteiger partial charge is 0.356 e. The Bertz CT molecular complexity index is 1020. The lowest BCUT2D eigenvalue weighted by atomic mass is 10.0. The number of anilines is 1. The number of hydrogen-bond acceptors (Lipinski definition) is 5. The summed E-state index contributed by atoms with van der Waals surface area (Å²) >= 11 is 0. The lowest BCUT2D eigenvalue weighted by molar-refractivity contribution is 0.0954. The molecule has 4 rings (SSSR count). The molecule has 2 heterocycles. The highest BCUT2D eigenvalue weighted by Crippen LogP contribution is 2.19. The first-order valence-electron chi connectivity index (χ1n) is 12.5. The van der Waals surface area contributed by atoms with E-state index in [0.29, 0.717) is 29.6 Å². The third-order valence-electron chi connectivity index (χ3n) is 6.53. The minimum atomic E-state index is -0.608. The molecule has 1 amide bonds. The Balaban J connectivity index is 1.36. The molecule has 2 aromatic carbocycles. The summed E-state index contributed by atoms with van der Waals surface area (Å²) in [5.41, 5.74) is 1.83. The summed E-state index contributed by atoms with van der Waals surface area (Å²) < 4.78 is 26.8. The van der Waals surface area contributed by atoms with E-state index < -0.39 is 11.6 Å². The molecule has 0 saturated carbocycles. The first kappa shape index (κ1) is 25.1. The van der Waals surface area contributed by atoms with Gasteiger partial charge in [-0.1, -0.05) is 12.5 Å². The predicted octanol–water partition coefficient (Wildman–Crippen LogP) is 3.63. The zero-order valence-electron chi connectivity index (χ0n) is 20.2. The molecule has 2 aliphatic rings. The van der Waals surface area contributed by atoms with E-state index in [9.17, 15) is 13.6 Å². The number of carbonyl (C=O) groups excluding carboxylic acids is 1. The average molecular weight is 484 g/mol. The third kappa shape index (κ3) is 7.26. The van der Waals surface area contributed by atoms with Crippen LogP contribution >= 0.6 is 0 Å². The first-order chi connectivity index (χ1) is 17.0. The molecule has 2 saturated heterocycles. The molecule has 0 aliphatic carbocycles. The Labute approximate surface area is 206 Å². The second-order valence-electron chi connectivity index (χ2n) is 9.35. The number of carbonyl (C=O) groups is 1. The van der Waals surface area contributed by atoms with Crippen molar-refractivity contribution in [2.75, 3.05) is 38.0 Å². The van der Waals surface area contributed by atoms with Gasteiger partial charge in [-0.2, -0.15) is 0 Å². The number of halogens is 2. The van der Waals surface area contributed by atoms with Crippen LogP contribution in [0.4, 0.5) is 14.5 Å². The van der Waals surface area contributed by atoms with Crippen LogP contribution < -0.4 is 21.3 Å². The highest BCUT2D eigenvalue weighted by Gasteiger charge is 2.20. The van der Waals surface area contributed by atoms with Gasteiger partial charge in [0.25, 0.3) is 5.91 Å². The Morgan fingerprint density at radius 1 is 1.11 bits per heavy atom. The summed E-state index contributed by atoms with van der Waals surface area (Å²) in [6, 6.07) is 11.6. The van der Waals surface area contributed by atoms with Gasteiger partial charge in [-0.15, -0.1) is 0 Å². The number of nitrogens with zero attached hydrogens (tertiary/aromatic N) is 1. The van der Waals surface area contributed by atoms with Gasteiger partial charge in [0.15, 0.2) is 0 Å². The monoisotopic (exact) mass is 483 g/mol. The number of hydrogen-bond donors (Lipinski definition) is 4. The summed E-state index contributed by atoms with van der Waals surface area (Å²) in [5.74, 6) is -0.335. The van der Waals surface area contributed by atoms with Gasteiger partial charge in [0.2, 0.25) is 0 Å². The van der Waals surface area contributed by atoms with E-state index in [4.69, 9.17) is 0 Å². The van der Waals surface area contributed by atoms with Crippen molar-refractivity contribution in [3.63, 3.8) is 0 Å². The van der Waals surface area contributed by atoms with Gasteiger partial charge < -0.3 is 26.2 Å². The van der Waals surface area contributed by atoms with Crippen LogP contribution in [0, 0.1) is 11.6 Å². The van der Waals surface area contributed by atoms with E-state index >= 15 is 0 Å². The van der Waals surface area contributed by atoms with E-state index in [1.807, 2.05) is 12.1 Å². The molecule has 2 aliphatic heterocycles. The van der Waals surface area contributed by atoms with E-state index in [2.05, 4.69) is 39.2 Å². The SMILES string of the molecule is C[C@H]1CN(C(=CC2CCCCN2)Nc2ccc(C(=O)NCCc3ccc(F)cc3F)cc2)CCN1. The fraction of sp³-hybridized carbons (Fsp3) is 0.444. The van der Waals surface area contributed by atoms with Crippen molar-refractivity contribution < 1.29 is 13.6 Å². The molecule has 2 fully saturated rings. The summed E-state index contributed by atoms with van der Waals surface area (Å²) in [7, 11) is 0. The maximum absolute atomic E-state index is 13.8.